The van der Waals surface area contributed by atoms with E-state index in [9.17, 15) is 0 Å². The Morgan fingerprint density at radius 2 is 1.83 bits per heavy atom. The number of nitrogens with one attached hydrogen (secondary N) is 2. The van der Waals surface area contributed by atoms with E-state index in [2.05, 4.69) is 21.7 Å². The van der Waals surface area contributed by atoms with Crippen LogP contribution in [0.1, 0.15) is 22.3 Å². The maximum atomic E-state index is 9.03. The van der Waals surface area contributed by atoms with E-state index < -0.39 is 0 Å². The Balaban J connectivity index is 2.00. The quantitative estimate of drug-likeness (QED) is 0.239. The fourth-order valence-electron chi connectivity index (χ4n) is 3.59. The summed E-state index contributed by atoms with van der Waals surface area (Å²) >= 11 is 1.05. The molecule has 0 aliphatic carbocycles. The van der Waals surface area contributed by atoms with Crippen LogP contribution in [0.4, 0.5) is 28.8 Å². The second kappa shape index (κ2) is 12.3. The van der Waals surface area contributed by atoms with Crippen LogP contribution in [0.3, 0.4) is 0 Å². The van der Waals surface area contributed by atoms with Gasteiger partial charge in [0.2, 0.25) is 5.95 Å². The number of anilines is 5. The van der Waals surface area contributed by atoms with Gasteiger partial charge >= 0.3 is 0 Å². The van der Waals surface area contributed by atoms with Gasteiger partial charge in [-0.05, 0) is 73.0 Å². The molecule has 0 aliphatic heterocycles. The molecule has 0 amide bonds. The van der Waals surface area contributed by atoms with Crippen LogP contribution in [0, 0.1) is 36.5 Å². The average Bonchev–Trinajstić information content (AvgIpc) is 2.85. The molecular formula is C26H27N9S. The van der Waals surface area contributed by atoms with Crippen LogP contribution < -0.4 is 26.4 Å². The highest BCUT2D eigenvalue weighted by molar-refractivity contribution is 8.00. The van der Waals surface area contributed by atoms with E-state index in [1.807, 2.05) is 44.0 Å². The number of aryl methyl sites for hydroxylation is 2. The summed E-state index contributed by atoms with van der Waals surface area (Å²) < 4.78 is 0. The van der Waals surface area contributed by atoms with Crippen LogP contribution in [0.15, 0.2) is 59.8 Å². The first-order chi connectivity index (χ1) is 17.3. The molecule has 0 bridgehead atoms. The molecule has 0 atom stereocenters. The summed E-state index contributed by atoms with van der Waals surface area (Å²) in [4.78, 5) is 11.2. The van der Waals surface area contributed by atoms with Gasteiger partial charge in [0.15, 0.2) is 5.82 Å². The first-order valence-electron chi connectivity index (χ1n) is 10.9. The summed E-state index contributed by atoms with van der Waals surface area (Å²) in [6.45, 7) is 4.43. The molecule has 1 heterocycles. The van der Waals surface area contributed by atoms with E-state index in [-0.39, 0.29) is 0 Å². The van der Waals surface area contributed by atoms with E-state index in [4.69, 9.17) is 26.4 Å². The lowest BCUT2D eigenvalue weighted by atomic mass is 10.0. The van der Waals surface area contributed by atoms with Gasteiger partial charge in [0.05, 0.1) is 36.1 Å². The molecule has 36 heavy (non-hydrogen) atoms. The number of aromatic nitrogens is 2. The Hall–Kier alpha value is -4.51. The van der Waals surface area contributed by atoms with Crippen LogP contribution in [-0.4, -0.2) is 23.6 Å². The topological polar surface area (TPSA) is 153 Å². The molecule has 0 aliphatic rings. The zero-order valence-electron chi connectivity index (χ0n) is 20.3. The Labute approximate surface area is 215 Å². The third-order valence-electron chi connectivity index (χ3n) is 5.24. The first-order valence-corrected chi connectivity index (χ1v) is 11.9. The van der Waals surface area contributed by atoms with Gasteiger partial charge in [0.1, 0.15) is 0 Å². The smallest absolute Gasteiger partial charge is 0.229 e. The summed E-state index contributed by atoms with van der Waals surface area (Å²) in [5.74, 6) is 0.979. The number of likely N-dealkylation sites (N-methyl/N-ethyl adjacent to an activating group) is 1. The highest BCUT2D eigenvalue weighted by atomic mass is 32.2. The van der Waals surface area contributed by atoms with Crippen molar-refractivity contribution in [1.29, 1.82) is 10.5 Å². The van der Waals surface area contributed by atoms with Crippen molar-refractivity contribution in [2.45, 2.75) is 13.8 Å². The predicted octanol–water partition coefficient (Wildman–Crippen LogP) is 4.83. The second-order valence-electron chi connectivity index (χ2n) is 8.04. The number of hydrogen-bond acceptors (Lipinski definition) is 10. The molecule has 0 unspecified atom stereocenters. The maximum Gasteiger partial charge on any atom is 0.229 e. The van der Waals surface area contributed by atoms with Crippen molar-refractivity contribution in [3.05, 3.63) is 82.0 Å². The SMILES string of the molecule is Cc1cc(/C=C/C#N)cc(C)c1Nc1nc(Nc2ccc(C#N)cc2)ncc1N(C)C/C(N)=C/SN. The van der Waals surface area contributed by atoms with Crippen LogP contribution in [0.5, 0.6) is 0 Å². The molecule has 3 rings (SSSR count). The van der Waals surface area contributed by atoms with Gasteiger partial charge in [-0.2, -0.15) is 15.5 Å². The number of rotatable bonds is 9. The van der Waals surface area contributed by atoms with E-state index in [0.29, 0.717) is 29.6 Å². The number of nitrogens with zero attached hydrogens (tertiary/aromatic N) is 5. The Morgan fingerprint density at radius 1 is 1.14 bits per heavy atom. The fraction of sp³-hybridized carbons (Fsp3) is 0.154. The summed E-state index contributed by atoms with van der Waals surface area (Å²) in [6, 6.07) is 15.2. The molecule has 0 radical (unpaired) electrons. The zero-order valence-corrected chi connectivity index (χ0v) is 21.1. The lowest BCUT2D eigenvalue weighted by molar-refractivity contribution is 0.957. The standard InChI is InChI=1S/C26H27N9S/c1-17-11-20(5-4-10-27)12-18(2)24(17)33-25-23(35(3)15-21(29)16-36-30)14-31-26(34-25)32-22-8-6-19(13-28)7-9-22/h4-9,11-12,14,16H,15,29-30H2,1-3H3,(H2,31,32,33,34)/b5-4+,21-16-. The number of allylic oxidation sites excluding steroid dienone is 1. The van der Waals surface area contributed by atoms with E-state index in [1.165, 1.54) is 6.08 Å². The van der Waals surface area contributed by atoms with Crippen molar-refractivity contribution >= 4 is 46.9 Å². The molecule has 2 aromatic carbocycles. The lowest BCUT2D eigenvalue weighted by Crippen LogP contribution is -2.25. The monoisotopic (exact) mass is 497 g/mol. The fourth-order valence-corrected chi connectivity index (χ4v) is 3.84. The molecular weight excluding hydrogens is 470 g/mol. The summed E-state index contributed by atoms with van der Waals surface area (Å²) in [5.41, 5.74) is 12.6. The molecule has 0 saturated heterocycles. The molecule has 6 N–H and O–H groups in total. The summed E-state index contributed by atoms with van der Waals surface area (Å²) in [6.07, 6.45) is 4.95. The van der Waals surface area contributed by atoms with Gasteiger partial charge in [-0.25, -0.2) is 4.98 Å². The van der Waals surface area contributed by atoms with Crippen molar-refractivity contribution in [1.82, 2.24) is 9.97 Å². The molecule has 3 aromatic rings. The van der Waals surface area contributed by atoms with Crippen LogP contribution in [-0.2, 0) is 0 Å². The van der Waals surface area contributed by atoms with Crippen molar-refractivity contribution in [2.75, 3.05) is 29.1 Å². The molecule has 0 fully saturated rings. The minimum absolute atomic E-state index is 0.393. The lowest BCUT2D eigenvalue weighted by Gasteiger charge is -2.23. The minimum atomic E-state index is 0.393. The van der Waals surface area contributed by atoms with E-state index >= 15 is 0 Å². The minimum Gasteiger partial charge on any atom is -0.400 e. The Morgan fingerprint density at radius 3 is 2.44 bits per heavy atom. The van der Waals surface area contributed by atoms with Crippen molar-refractivity contribution < 1.29 is 0 Å². The van der Waals surface area contributed by atoms with Gasteiger partial charge in [-0.3, -0.25) is 5.14 Å². The van der Waals surface area contributed by atoms with E-state index in [0.717, 1.165) is 45.7 Å². The van der Waals surface area contributed by atoms with Gasteiger partial charge in [-0.1, -0.05) is 11.9 Å². The average molecular weight is 498 g/mol. The highest BCUT2D eigenvalue weighted by Gasteiger charge is 2.15. The van der Waals surface area contributed by atoms with Crippen LogP contribution in [0.25, 0.3) is 6.08 Å². The third-order valence-corrected chi connectivity index (χ3v) is 5.68. The van der Waals surface area contributed by atoms with Crippen molar-refractivity contribution in [3.8, 4) is 12.1 Å². The van der Waals surface area contributed by atoms with Crippen LogP contribution in [0.2, 0.25) is 0 Å². The van der Waals surface area contributed by atoms with Crippen molar-refractivity contribution in [2.24, 2.45) is 10.9 Å². The Kier molecular flexibility index (Phi) is 8.89. The third kappa shape index (κ3) is 6.76. The molecule has 10 heteroatoms. The number of nitrogens with two attached hydrogens (primary N) is 2. The zero-order chi connectivity index (χ0) is 26.1. The number of nitriles is 2. The molecule has 182 valence electrons. The molecule has 1 aromatic heterocycles. The first kappa shape index (κ1) is 26.1. The normalized spacial score (nSPS) is 11.1. The highest BCUT2D eigenvalue weighted by Crippen LogP contribution is 2.32. The predicted molar refractivity (Wildman–Crippen MR) is 148 cm³/mol. The number of hydrogen-bond donors (Lipinski definition) is 4. The largest absolute Gasteiger partial charge is 0.400 e. The maximum absolute atomic E-state index is 9.03. The second-order valence-corrected chi connectivity index (χ2v) is 8.55. The van der Waals surface area contributed by atoms with Crippen LogP contribution >= 0.6 is 11.9 Å². The van der Waals surface area contributed by atoms with Gasteiger partial charge < -0.3 is 21.3 Å². The summed E-state index contributed by atoms with van der Waals surface area (Å²) in [5, 5.41) is 31.7. The number of benzene rings is 2. The van der Waals surface area contributed by atoms with E-state index in [1.54, 1.807) is 41.9 Å². The van der Waals surface area contributed by atoms with Crippen molar-refractivity contribution in [3.63, 3.8) is 0 Å². The van der Waals surface area contributed by atoms with Gasteiger partial charge in [0, 0.05) is 35.6 Å². The van der Waals surface area contributed by atoms with Gasteiger partial charge in [-0.15, -0.1) is 0 Å². The molecule has 9 nitrogen and oxygen atoms in total. The van der Waals surface area contributed by atoms with Gasteiger partial charge in [0.25, 0.3) is 0 Å². The Bertz CT molecular complexity index is 1340. The summed E-state index contributed by atoms with van der Waals surface area (Å²) in [7, 11) is 1.90. The molecule has 0 saturated carbocycles. The molecule has 0 spiro atoms.